The van der Waals surface area contributed by atoms with Gasteiger partial charge in [-0.15, -0.1) is 0 Å². The van der Waals surface area contributed by atoms with Crippen LogP contribution >= 0.6 is 0 Å². The molecule has 3 aromatic rings. The molecule has 2 amide bonds. The van der Waals surface area contributed by atoms with Gasteiger partial charge in [0.05, 0.1) is 13.2 Å². The molecule has 39 heavy (non-hydrogen) atoms. The van der Waals surface area contributed by atoms with Gasteiger partial charge in [0.15, 0.2) is 6.10 Å². The van der Waals surface area contributed by atoms with E-state index in [1.165, 1.54) is 0 Å². The SMILES string of the molecule is CCOC(Cc1ccc(OCCN(CCCCOc2ccccc2)C(=O)Nc2cccc(C)c2)cc1)C(=O)O. The van der Waals surface area contributed by atoms with Crippen molar-refractivity contribution in [1.82, 2.24) is 4.90 Å². The zero-order chi connectivity index (χ0) is 27.9. The van der Waals surface area contributed by atoms with Crippen LogP contribution < -0.4 is 14.8 Å². The number of nitrogens with zero attached hydrogens (tertiary/aromatic N) is 1. The summed E-state index contributed by atoms with van der Waals surface area (Å²) in [6, 6.07) is 24.5. The van der Waals surface area contributed by atoms with Crippen LogP contribution in [0.15, 0.2) is 78.9 Å². The Morgan fingerprint density at radius 1 is 0.872 bits per heavy atom. The van der Waals surface area contributed by atoms with E-state index in [2.05, 4.69) is 5.32 Å². The van der Waals surface area contributed by atoms with Crippen LogP contribution in [0.3, 0.4) is 0 Å². The second kappa shape index (κ2) is 16.0. The van der Waals surface area contributed by atoms with Crippen LogP contribution in [0.5, 0.6) is 11.5 Å². The minimum atomic E-state index is -0.979. The number of rotatable bonds is 16. The van der Waals surface area contributed by atoms with E-state index in [0.29, 0.717) is 38.7 Å². The maximum atomic E-state index is 13.1. The van der Waals surface area contributed by atoms with Crippen molar-refractivity contribution < 1.29 is 28.9 Å². The van der Waals surface area contributed by atoms with Crippen LogP contribution in [0.25, 0.3) is 0 Å². The summed E-state index contributed by atoms with van der Waals surface area (Å²) in [6.07, 6.45) is 1.00. The molecule has 3 aromatic carbocycles. The molecule has 0 bridgehead atoms. The number of aryl methyl sites for hydroxylation is 1. The number of unbranched alkanes of at least 4 members (excludes halogenated alkanes) is 1. The van der Waals surface area contributed by atoms with Crippen LogP contribution in [0.2, 0.25) is 0 Å². The number of carbonyl (C=O) groups excluding carboxylic acids is 1. The lowest BCUT2D eigenvalue weighted by Crippen LogP contribution is -2.38. The van der Waals surface area contributed by atoms with Crippen LogP contribution in [0, 0.1) is 6.92 Å². The van der Waals surface area contributed by atoms with Crippen LogP contribution in [-0.4, -0.2) is 61.0 Å². The molecule has 0 radical (unpaired) electrons. The van der Waals surface area contributed by atoms with Gasteiger partial charge >= 0.3 is 12.0 Å². The van der Waals surface area contributed by atoms with Gasteiger partial charge in [0.25, 0.3) is 0 Å². The fourth-order valence-corrected chi connectivity index (χ4v) is 3.98. The molecule has 0 aliphatic rings. The first-order valence-electron chi connectivity index (χ1n) is 13.3. The van der Waals surface area contributed by atoms with Crippen molar-refractivity contribution in [1.29, 1.82) is 0 Å². The number of urea groups is 1. The van der Waals surface area contributed by atoms with Gasteiger partial charge in [0.2, 0.25) is 0 Å². The molecule has 0 saturated heterocycles. The van der Waals surface area contributed by atoms with Gasteiger partial charge < -0.3 is 29.5 Å². The molecule has 1 unspecified atom stereocenters. The summed E-state index contributed by atoms with van der Waals surface area (Å²) in [4.78, 5) is 26.2. The molecule has 0 aromatic heterocycles. The molecule has 0 spiro atoms. The number of carboxylic acids is 1. The second-order valence-corrected chi connectivity index (χ2v) is 9.13. The molecule has 0 heterocycles. The number of amides is 2. The number of nitrogens with one attached hydrogen (secondary N) is 1. The Kier molecular flexibility index (Phi) is 12.1. The van der Waals surface area contributed by atoms with Crippen molar-refractivity contribution in [3.63, 3.8) is 0 Å². The quantitative estimate of drug-likeness (QED) is 0.226. The fraction of sp³-hybridized carbons (Fsp3) is 0.355. The number of para-hydroxylation sites is 1. The van der Waals surface area contributed by atoms with Crippen molar-refractivity contribution in [2.75, 3.05) is 38.2 Å². The van der Waals surface area contributed by atoms with Crippen molar-refractivity contribution in [2.45, 2.75) is 39.2 Å². The summed E-state index contributed by atoms with van der Waals surface area (Å²) >= 11 is 0. The molecular weight excluding hydrogens is 496 g/mol. The van der Waals surface area contributed by atoms with Gasteiger partial charge in [-0.3, -0.25) is 0 Å². The van der Waals surface area contributed by atoms with Crippen molar-refractivity contribution >= 4 is 17.7 Å². The first-order valence-corrected chi connectivity index (χ1v) is 13.3. The monoisotopic (exact) mass is 534 g/mol. The normalized spacial score (nSPS) is 11.4. The third-order valence-corrected chi connectivity index (χ3v) is 6.01. The van der Waals surface area contributed by atoms with Gasteiger partial charge in [-0.05, 0) is 74.2 Å². The number of ether oxygens (including phenoxy) is 3. The van der Waals surface area contributed by atoms with E-state index in [1.807, 2.05) is 73.7 Å². The number of hydrogen-bond donors (Lipinski definition) is 2. The third-order valence-electron chi connectivity index (χ3n) is 6.01. The number of benzene rings is 3. The lowest BCUT2D eigenvalue weighted by Gasteiger charge is -2.23. The van der Waals surface area contributed by atoms with Gasteiger partial charge in [-0.2, -0.15) is 0 Å². The number of hydrogen-bond acceptors (Lipinski definition) is 5. The van der Waals surface area contributed by atoms with E-state index in [-0.39, 0.29) is 12.5 Å². The molecule has 0 fully saturated rings. The Balaban J connectivity index is 1.51. The van der Waals surface area contributed by atoms with E-state index in [0.717, 1.165) is 35.4 Å². The Morgan fingerprint density at radius 3 is 2.28 bits per heavy atom. The van der Waals surface area contributed by atoms with Gasteiger partial charge in [0, 0.05) is 25.3 Å². The highest BCUT2D eigenvalue weighted by Crippen LogP contribution is 2.16. The summed E-state index contributed by atoms with van der Waals surface area (Å²) in [5, 5.41) is 12.3. The standard InChI is InChI=1S/C31H38N2O6/c1-3-37-29(30(34)35)23-25-14-16-28(17-15-25)39-21-19-33(31(36)32-26-11-9-10-24(2)22-26)18-7-8-20-38-27-12-5-4-6-13-27/h4-6,9-17,22,29H,3,7-8,18-21,23H2,1-2H3,(H,32,36)(H,34,35). The van der Waals surface area contributed by atoms with Crippen LogP contribution in [0.4, 0.5) is 10.5 Å². The summed E-state index contributed by atoms with van der Waals surface area (Å²) in [6.45, 7) is 5.96. The largest absolute Gasteiger partial charge is 0.494 e. The number of anilines is 1. The second-order valence-electron chi connectivity index (χ2n) is 9.13. The van der Waals surface area contributed by atoms with Crippen LogP contribution in [0.1, 0.15) is 30.9 Å². The highest BCUT2D eigenvalue weighted by Gasteiger charge is 2.18. The molecule has 8 heteroatoms. The van der Waals surface area contributed by atoms with Crippen molar-refractivity contribution in [3.8, 4) is 11.5 Å². The van der Waals surface area contributed by atoms with Crippen molar-refractivity contribution in [2.24, 2.45) is 0 Å². The average molecular weight is 535 g/mol. The molecule has 1 atom stereocenters. The first kappa shape index (κ1) is 29.5. The fourth-order valence-electron chi connectivity index (χ4n) is 3.98. The average Bonchev–Trinajstić information content (AvgIpc) is 2.93. The Labute approximate surface area is 230 Å². The minimum absolute atomic E-state index is 0.181. The molecule has 0 saturated carbocycles. The molecule has 3 rings (SSSR count). The van der Waals surface area contributed by atoms with E-state index in [1.54, 1.807) is 24.0 Å². The predicted molar refractivity (Wildman–Crippen MR) is 152 cm³/mol. The molecule has 0 aliphatic heterocycles. The van der Waals surface area contributed by atoms with E-state index in [4.69, 9.17) is 14.2 Å². The number of carbonyl (C=O) groups is 2. The van der Waals surface area contributed by atoms with Gasteiger partial charge in [-0.25, -0.2) is 9.59 Å². The molecular formula is C31H38N2O6. The highest BCUT2D eigenvalue weighted by atomic mass is 16.5. The Morgan fingerprint density at radius 2 is 1.59 bits per heavy atom. The lowest BCUT2D eigenvalue weighted by atomic mass is 10.1. The topological polar surface area (TPSA) is 97.3 Å². The number of carboxylic acid groups (broad SMARTS) is 1. The first-order chi connectivity index (χ1) is 18.9. The molecule has 8 nitrogen and oxygen atoms in total. The zero-order valence-electron chi connectivity index (χ0n) is 22.7. The summed E-state index contributed by atoms with van der Waals surface area (Å²) in [7, 11) is 0. The zero-order valence-corrected chi connectivity index (χ0v) is 22.7. The molecule has 2 N–H and O–H groups in total. The summed E-state index contributed by atoms with van der Waals surface area (Å²) in [5.41, 5.74) is 2.67. The number of aliphatic carboxylic acids is 1. The van der Waals surface area contributed by atoms with E-state index >= 15 is 0 Å². The molecule has 0 aliphatic carbocycles. The summed E-state index contributed by atoms with van der Waals surface area (Å²) < 4.78 is 17.0. The Hall–Kier alpha value is -4.04. The maximum Gasteiger partial charge on any atom is 0.333 e. The van der Waals surface area contributed by atoms with Crippen molar-refractivity contribution in [3.05, 3.63) is 90.0 Å². The lowest BCUT2D eigenvalue weighted by molar-refractivity contribution is -0.149. The smallest absolute Gasteiger partial charge is 0.333 e. The summed E-state index contributed by atoms with van der Waals surface area (Å²) in [5.74, 6) is 0.507. The predicted octanol–water partition coefficient (Wildman–Crippen LogP) is 5.80. The Bertz CT molecular complexity index is 1150. The molecule has 208 valence electrons. The third kappa shape index (κ3) is 10.7. The highest BCUT2D eigenvalue weighted by molar-refractivity contribution is 5.89. The van der Waals surface area contributed by atoms with Crippen LogP contribution in [-0.2, 0) is 16.0 Å². The van der Waals surface area contributed by atoms with E-state index in [9.17, 15) is 14.7 Å². The van der Waals surface area contributed by atoms with Gasteiger partial charge in [-0.1, -0.05) is 42.5 Å². The maximum absolute atomic E-state index is 13.1. The minimum Gasteiger partial charge on any atom is -0.494 e. The van der Waals surface area contributed by atoms with E-state index < -0.39 is 12.1 Å². The van der Waals surface area contributed by atoms with Gasteiger partial charge in [0.1, 0.15) is 18.1 Å².